The van der Waals surface area contributed by atoms with Gasteiger partial charge in [0.2, 0.25) is 0 Å². The van der Waals surface area contributed by atoms with Crippen molar-refractivity contribution in [2.45, 2.75) is 51.7 Å². The maximum absolute atomic E-state index is 5.81. The molecule has 0 saturated heterocycles. The van der Waals surface area contributed by atoms with Gasteiger partial charge in [0.25, 0.3) is 0 Å². The van der Waals surface area contributed by atoms with Crippen LogP contribution in [0.2, 0.25) is 0 Å². The molecule has 1 heterocycles. The second-order valence-corrected chi connectivity index (χ2v) is 5.93. The number of hydrogen-bond donors (Lipinski definition) is 1. The maximum Gasteiger partial charge on any atom is 0.0594 e. The van der Waals surface area contributed by atoms with Crippen LogP contribution in [0.5, 0.6) is 0 Å². The molecule has 0 bridgehead atoms. The first kappa shape index (κ1) is 13.1. The molecule has 0 spiro atoms. The second kappa shape index (κ2) is 7.14. The van der Waals surface area contributed by atoms with Crippen molar-refractivity contribution in [3.63, 3.8) is 0 Å². The van der Waals surface area contributed by atoms with Crippen molar-refractivity contribution in [2.75, 3.05) is 13.2 Å². The quantitative estimate of drug-likeness (QED) is 0.752. The standard InChI is InChI=1S/C14H23NOS/c1-2-13-7-8-14(17-13)11-15-9-10-16-12-5-3-4-6-12/h7-8,12,15H,2-6,9-11H2,1H3. The second-order valence-electron chi connectivity index (χ2n) is 4.68. The molecule has 1 N–H and O–H groups in total. The molecule has 17 heavy (non-hydrogen) atoms. The number of rotatable bonds is 7. The molecule has 1 fully saturated rings. The lowest BCUT2D eigenvalue weighted by Crippen LogP contribution is -2.21. The average molecular weight is 253 g/mol. The Balaban J connectivity index is 1.53. The zero-order valence-corrected chi connectivity index (χ0v) is 11.5. The van der Waals surface area contributed by atoms with Crippen molar-refractivity contribution >= 4 is 11.3 Å². The molecule has 2 nitrogen and oxygen atoms in total. The third-order valence-corrected chi connectivity index (χ3v) is 4.53. The predicted molar refractivity (Wildman–Crippen MR) is 73.6 cm³/mol. The lowest BCUT2D eigenvalue weighted by molar-refractivity contribution is 0.0603. The fourth-order valence-corrected chi connectivity index (χ4v) is 3.20. The molecule has 1 saturated carbocycles. The maximum atomic E-state index is 5.81. The van der Waals surface area contributed by atoms with Crippen molar-refractivity contribution in [2.24, 2.45) is 0 Å². The molecule has 0 aliphatic heterocycles. The van der Waals surface area contributed by atoms with Crippen LogP contribution in [-0.4, -0.2) is 19.3 Å². The zero-order valence-electron chi connectivity index (χ0n) is 10.7. The van der Waals surface area contributed by atoms with Gasteiger partial charge in [0.1, 0.15) is 0 Å². The summed E-state index contributed by atoms with van der Waals surface area (Å²) < 4.78 is 5.81. The minimum absolute atomic E-state index is 0.547. The highest BCUT2D eigenvalue weighted by Crippen LogP contribution is 2.20. The SMILES string of the molecule is CCc1ccc(CNCCOC2CCCC2)s1. The minimum Gasteiger partial charge on any atom is -0.377 e. The van der Waals surface area contributed by atoms with Gasteiger partial charge >= 0.3 is 0 Å². The first-order valence-corrected chi connectivity index (χ1v) is 7.60. The van der Waals surface area contributed by atoms with Crippen molar-refractivity contribution in [1.29, 1.82) is 0 Å². The van der Waals surface area contributed by atoms with Crippen LogP contribution in [0.25, 0.3) is 0 Å². The van der Waals surface area contributed by atoms with E-state index in [-0.39, 0.29) is 0 Å². The van der Waals surface area contributed by atoms with Crippen LogP contribution in [0.3, 0.4) is 0 Å². The third kappa shape index (κ3) is 4.41. The van der Waals surface area contributed by atoms with Gasteiger partial charge in [0, 0.05) is 22.8 Å². The lowest BCUT2D eigenvalue weighted by atomic mass is 10.3. The van der Waals surface area contributed by atoms with Gasteiger partial charge in [-0.05, 0) is 31.4 Å². The number of nitrogens with one attached hydrogen (secondary N) is 1. The lowest BCUT2D eigenvalue weighted by Gasteiger charge is -2.10. The summed E-state index contributed by atoms with van der Waals surface area (Å²) >= 11 is 1.91. The highest BCUT2D eigenvalue weighted by Gasteiger charge is 2.14. The Morgan fingerprint density at radius 1 is 1.29 bits per heavy atom. The number of ether oxygens (including phenoxy) is 1. The minimum atomic E-state index is 0.547. The Labute approximate surface area is 108 Å². The van der Waals surface area contributed by atoms with E-state index in [1.54, 1.807) is 0 Å². The summed E-state index contributed by atoms with van der Waals surface area (Å²) in [4.78, 5) is 2.91. The van der Waals surface area contributed by atoms with Gasteiger partial charge in [-0.15, -0.1) is 11.3 Å². The fraction of sp³-hybridized carbons (Fsp3) is 0.714. The van der Waals surface area contributed by atoms with Gasteiger partial charge < -0.3 is 10.1 Å². The van der Waals surface area contributed by atoms with Crippen LogP contribution >= 0.6 is 11.3 Å². The van der Waals surface area contributed by atoms with Crippen LogP contribution < -0.4 is 5.32 Å². The van der Waals surface area contributed by atoms with E-state index in [4.69, 9.17) is 4.74 Å². The smallest absolute Gasteiger partial charge is 0.0594 e. The highest BCUT2D eigenvalue weighted by molar-refractivity contribution is 7.11. The predicted octanol–water partition coefficient (Wildman–Crippen LogP) is 3.36. The van der Waals surface area contributed by atoms with E-state index in [9.17, 15) is 0 Å². The molecule has 3 heteroatoms. The third-order valence-electron chi connectivity index (χ3n) is 3.30. The molecule has 96 valence electrons. The molecule has 2 rings (SSSR count). The molecule has 1 aliphatic rings. The van der Waals surface area contributed by atoms with Gasteiger partial charge in [0.05, 0.1) is 12.7 Å². The van der Waals surface area contributed by atoms with Gasteiger partial charge in [0.15, 0.2) is 0 Å². The number of thiophene rings is 1. The Morgan fingerprint density at radius 2 is 2.06 bits per heavy atom. The molecule has 0 atom stereocenters. The monoisotopic (exact) mass is 253 g/mol. The van der Waals surface area contributed by atoms with Gasteiger partial charge in [-0.2, -0.15) is 0 Å². The van der Waals surface area contributed by atoms with Crippen LogP contribution in [0.15, 0.2) is 12.1 Å². The first-order valence-electron chi connectivity index (χ1n) is 6.78. The topological polar surface area (TPSA) is 21.3 Å². The largest absolute Gasteiger partial charge is 0.377 e. The fourth-order valence-electron chi connectivity index (χ4n) is 2.27. The van der Waals surface area contributed by atoms with Gasteiger partial charge in [-0.1, -0.05) is 19.8 Å². The molecular weight excluding hydrogens is 230 g/mol. The van der Waals surface area contributed by atoms with Crippen LogP contribution in [0, 0.1) is 0 Å². The molecule has 0 radical (unpaired) electrons. The summed E-state index contributed by atoms with van der Waals surface area (Å²) in [5.74, 6) is 0. The van der Waals surface area contributed by atoms with Crippen LogP contribution in [-0.2, 0) is 17.7 Å². The zero-order chi connectivity index (χ0) is 11.9. The van der Waals surface area contributed by atoms with E-state index >= 15 is 0 Å². The molecular formula is C14H23NOS. The summed E-state index contributed by atoms with van der Waals surface area (Å²) in [5, 5.41) is 3.45. The summed E-state index contributed by atoms with van der Waals surface area (Å²) in [6.45, 7) is 5.02. The summed E-state index contributed by atoms with van der Waals surface area (Å²) in [6, 6.07) is 4.46. The van der Waals surface area contributed by atoms with E-state index < -0.39 is 0 Å². The van der Waals surface area contributed by atoms with Crippen molar-refractivity contribution in [3.8, 4) is 0 Å². The molecule has 0 aromatic carbocycles. The number of hydrogen-bond acceptors (Lipinski definition) is 3. The Hall–Kier alpha value is -0.380. The molecule has 1 aliphatic carbocycles. The average Bonchev–Trinajstić information content (AvgIpc) is 2.99. The number of aryl methyl sites for hydroxylation is 1. The Morgan fingerprint density at radius 3 is 2.76 bits per heavy atom. The van der Waals surface area contributed by atoms with Crippen molar-refractivity contribution in [1.82, 2.24) is 5.32 Å². The van der Waals surface area contributed by atoms with Gasteiger partial charge in [-0.3, -0.25) is 0 Å². The molecule has 0 unspecified atom stereocenters. The Bertz CT molecular complexity index is 318. The Kier molecular flexibility index (Phi) is 5.49. The van der Waals surface area contributed by atoms with E-state index in [0.717, 1.165) is 26.1 Å². The highest BCUT2D eigenvalue weighted by atomic mass is 32.1. The van der Waals surface area contributed by atoms with Crippen molar-refractivity contribution < 1.29 is 4.74 Å². The molecule has 1 aromatic heterocycles. The first-order chi connectivity index (χ1) is 8.38. The van der Waals surface area contributed by atoms with E-state index in [1.165, 1.54) is 35.4 Å². The molecule has 0 amide bonds. The van der Waals surface area contributed by atoms with Crippen LogP contribution in [0.1, 0.15) is 42.4 Å². The molecule has 1 aromatic rings. The van der Waals surface area contributed by atoms with E-state index in [0.29, 0.717) is 6.10 Å². The van der Waals surface area contributed by atoms with E-state index in [1.807, 2.05) is 11.3 Å². The van der Waals surface area contributed by atoms with E-state index in [2.05, 4.69) is 24.4 Å². The van der Waals surface area contributed by atoms with Crippen LogP contribution in [0.4, 0.5) is 0 Å². The van der Waals surface area contributed by atoms with Gasteiger partial charge in [-0.25, -0.2) is 0 Å². The summed E-state index contributed by atoms with van der Waals surface area (Å²) in [6.07, 6.45) is 6.94. The normalized spacial score (nSPS) is 16.8. The summed E-state index contributed by atoms with van der Waals surface area (Å²) in [7, 11) is 0. The summed E-state index contributed by atoms with van der Waals surface area (Å²) in [5.41, 5.74) is 0. The van der Waals surface area contributed by atoms with Crippen molar-refractivity contribution in [3.05, 3.63) is 21.9 Å².